The molecule has 174 valence electrons. The van der Waals surface area contributed by atoms with E-state index in [0.717, 1.165) is 49.4 Å². The number of ether oxygens (including phenoxy) is 2. The van der Waals surface area contributed by atoms with Gasteiger partial charge in [-0.05, 0) is 62.1 Å². The molecule has 1 heterocycles. The van der Waals surface area contributed by atoms with E-state index in [9.17, 15) is 5.11 Å². The highest BCUT2D eigenvalue weighted by Crippen LogP contribution is 2.28. The van der Waals surface area contributed by atoms with Crippen molar-refractivity contribution in [3.8, 4) is 11.5 Å². The van der Waals surface area contributed by atoms with Crippen LogP contribution in [0, 0.1) is 6.92 Å². The molecule has 4 nitrogen and oxygen atoms in total. The van der Waals surface area contributed by atoms with Gasteiger partial charge in [0, 0.05) is 25.6 Å². The van der Waals surface area contributed by atoms with Gasteiger partial charge in [0.05, 0.1) is 5.60 Å². The molecule has 1 aliphatic rings. The van der Waals surface area contributed by atoms with Crippen LogP contribution >= 0.6 is 0 Å². The van der Waals surface area contributed by atoms with Gasteiger partial charge >= 0.3 is 0 Å². The highest BCUT2D eigenvalue weighted by atomic mass is 16.5. The van der Waals surface area contributed by atoms with Crippen molar-refractivity contribution in [1.29, 1.82) is 0 Å². The highest BCUT2D eigenvalue weighted by Gasteiger charge is 2.33. The van der Waals surface area contributed by atoms with E-state index < -0.39 is 5.60 Å². The molecule has 1 saturated heterocycles. The Morgan fingerprint density at radius 1 is 0.818 bits per heavy atom. The standard InChI is InChI=1S/C29H35NO3/c1-23-8-10-25(11-9-23)20-29(31)16-18-30(19-17-29)24(2)21-32-27-12-14-28(15-13-27)33-22-26-6-4-3-5-7-26/h3-15,24,31H,16-22H2,1-2H3. The molecule has 4 heteroatoms. The Morgan fingerprint density at radius 3 is 2.06 bits per heavy atom. The molecule has 1 N–H and O–H groups in total. The van der Waals surface area contributed by atoms with Gasteiger partial charge in [-0.1, -0.05) is 60.2 Å². The van der Waals surface area contributed by atoms with E-state index in [1.165, 1.54) is 11.1 Å². The molecule has 0 spiro atoms. The van der Waals surface area contributed by atoms with Crippen LogP contribution in [0.15, 0.2) is 78.9 Å². The summed E-state index contributed by atoms with van der Waals surface area (Å²) in [5.41, 5.74) is 3.01. The molecule has 1 unspecified atom stereocenters. The molecule has 4 rings (SSSR count). The van der Waals surface area contributed by atoms with Crippen molar-refractivity contribution in [1.82, 2.24) is 4.90 Å². The smallest absolute Gasteiger partial charge is 0.120 e. The maximum atomic E-state index is 11.1. The van der Waals surface area contributed by atoms with E-state index >= 15 is 0 Å². The topological polar surface area (TPSA) is 41.9 Å². The van der Waals surface area contributed by atoms with Gasteiger partial charge < -0.3 is 14.6 Å². The summed E-state index contributed by atoms with van der Waals surface area (Å²) in [7, 11) is 0. The fraction of sp³-hybridized carbons (Fsp3) is 0.379. The molecular formula is C29H35NO3. The minimum atomic E-state index is -0.609. The predicted molar refractivity (Wildman–Crippen MR) is 133 cm³/mol. The molecule has 33 heavy (non-hydrogen) atoms. The summed E-state index contributed by atoms with van der Waals surface area (Å²) in [5, 5.41) is 11.1. The maximum Gasteiger partial charge on any atom is 0.120 e. The van der Waals surface area contributed by atoms with E-state index in [1.807, 2.05) is 42.5 Å². The molecular weight excluding hydrogens is 410 g/mol. The van der Waals surface area contributed by atoms with Gasteiger partial charge in [0.1, 0.15) is 24.7 Å². The summed E-state index contributed by atoms with van der Waals surface area (Å²) in [4.78, 5) is 2.42. The first-order valence-corrected chi connectivity index (χ1v) is 11.9. The summed E-state index contributed by atoms with van der Waals surface area (Å²) >= 11 is 0. The number of rotatable bonds is 9. The van der Waals surface area contributed by atoms with Gasteiger partial charge in [-0.15, -0.1) is 0 Å². The summed E-state index contributed by atoms with van der Waals surface area (Å²) in [6.07, 6.45) is 2.31. The number of benzene rings is 3. The largest absolute Gasteiger partial charge is 0.492 e. The third kappa shape index (κ3) is 6.83. The molecule has 1 atom stereocenters. The van der Waals surface area contributed by atoms with Crippen molar-refractivity contribution in [3.05, 3.63) is 95.6 Å². The number of aryl methyl sites for hydroxylation is 1. The average molecular weight is 446 g/mol. The molecule has 3 aromatic rings. The first kappa shape index (κ1) is 23.3. The second kappa shape index (κ2) is 10.9. The lowest BCUT2D eigenvalue weighted by Crippen LogP contribution is -2.49. The Labute approximate surface area is 197 Å². The minimum Gasteiger partial charge on any atom is -0.492 e. The SMILES string of the molecule is Cc1ccc(CC2(O)CCN(C(C)COc3ccc(OCc4ccccc4)cc3)CC2)cc1. The Morgan fingerprint density at radius 2 is 1.42 bits per heavy atom. The molecule has 0 aromatic heterocycles. The van der Waals surface area contributed by atoms with E-state index in [-0.39, 0.29) is 0 Å². The summed E-state index contributed by atoms with van der Waals surface area (Å²) in [6.45, 7) is 7.25. The van der Waals surface area contributed by atoms with Crippen LogP contribution in [0.1, 0.15) is 36.5 Å². The molecule has 3 aromatic carbocycles. The monoisotopic (exact) mass is 445 g/mol. The second-order valence-electron chi connectivity index (χ2n) is 9.33. The van der Waals surface area contributed by atoms with Crippen LogP contribution < -0.4 is 9.47 Å². The zero-order valence-electron chi connectivity index (χ0n) is 19.7. The Kier molecular flexibility index (Phi) is 7.69. The third-order valence-electron chi connectivity index (χ3n) is 6.57. The van der Waals surface area contributed by atoms with Crippen molar-refractivity contribution < 1.29 is 14.6 Å². The lowest BCUT2D eigenvalue weighted by atomic mass is 9.85. The molecule has 1 fully saturated rings. The van der Waals surface area contributed by atoms with Crippen LogP contribution in [0.2, 0.25) is 0 Å². The van der Waals surface area contributed by atoms with Crippen molar-refractivity contribution in [2.75, 3.05) is 19.7 Å². The zero-order valence-corrected chi connectivity index (χ0v) is 19.7. The summed E-state index contributed by atoms with van der Waals surface area (Å²) in [5.74, 6) is 1.69. The molecule has 1 aliphatic heterocycles. The number of hydrogen-bond donors (Lipinski definition) is 1. The van der Waals surface area contributed by atoms with Gasteiger partial charge in [-0.2, -0.15) is 0 Å². The predicted octanol–water partition coefficient (Wildman–Crippen LogP) is 5.41. The number of aliphatic hydroxyl groups is 1. The van der Waals surface area contributed by atoms with Crippen molar-refractivity contribution >= 4 is 0 Å². The number of hydrogen-bond acceptors (Lipinski definition) is 4. The Bertz CT molecular complexity index is 978. The Hall–Kier alpha value is -2.82. The van der Waals surface area contributed by atoms with Crippen LogP contribution in [0.5, 0.6) is 11.5 Å². The first-order chi connectivity index (χ1) is 16.0. The van der Waals surface area contributed by atoms with Gasteiger partial charge in [0.25, 0.3) is 0 Å². The quantitative estimate of drug-likeness (QED) is 0.478. The number of piperidine rings is 1. The van der Waals surface area contributed by atoms with Crippen molar-refractivity contribution in [3.63, 3.8) is 0 Å². The summed E-state index contributed by atoms with van der Waals surface area (Å²) in [6, 6.07) is 26.8. The van der Waals surface area contributed by atoms with Crippen LogP contribution in [0.25, 0.3) is 0 Å². The zero-order chi connectivity index (χ0) is 23.1. The van der Waals surface area contributed by atoms with E-state index in [2.05, 4.69) is 55.1 Å². The van der Waals surface area contributed by atoms with Gasteiger partial charge in [0.2, 0.25) is 0 Å². The van der Waals surface area contributed by atoms with Gasteiger partial charge in [-0.25, -0.2) is 0 Å². The normalized spacial score (nSPS) is 16.8. The van der Waals surface area contributed by atoms with Crippen LogP contribution in [0.4, 0.5) is 0 Å². The third-order valence-corrected chi connectivity index (χ3v) is 6.57. The first-order valence-electron chi connectivity index (χ1n) is 11.9. The second-order valence-corrected chi connectivity index (χ2v) is 9.33. The fourth-order valence-corrected chi connectivity index (χ4v) is 4.34. The minimum absolute atomic E-state index is 0.294. The summed E-state index contributed by atoms with van der Waals surface area (Å²) < 4.78 is 11.9. The van der Waals surface area contributed by atoms with Gasteiger partial charge in [-0.3, -0.25) is 4.90 Å². The highest BCUT2D eigenvalue weighted by molar-refractivity contribution is 5.31. The number of nitrogens with zero attached hydrogens (tertiary/aromatic N) is 1. The Balaban J connectivity index is 1.20. The van der Waals surface area contributed by atoms with Crippen LogP contribution in [-0.4, -0.2) is 41.3 Å². The molecule has 0 amide bonds. The maximum absolute atomic E-state index is 11.1. The average Bonchev–Trinajstić information content (AvgIpc) is 2.84. The van der Waals surface area contributed by atoms with E-state index in [4.69, 9.17) is 9.47 Å². The van der Waals surface area contributed by atoms with Crippen LogP contribution in [-0.2, 0) is 13.0 Å². The molecule has 0 radical (unpaired) electrons. The fourth-order valence-electron chi connectivity index (χ4n) is 4.34. The van der Waals surface area contributed by atoms with Crippen molar-refractivity contribution in [2.24, 2.45) is 0 Å². The van der Waals surface area contributed by atoms with Crippen LogP contribution in [0.3, 0.4) is 0 Å². The molecule has 0 bridgehead atoms. The van der Waals surface area contributed by atoms with E-state index in [0.29, 0.717) is 19.3 Å². The lowest BCUT2D eigenvalue weighted by molar-refractivity contribution is -0.0328. The van der Waals surface area contributed by atoms with E-state index in [1.54, 1.807) is 0 Å². The molecule has 0 saturated carbocycles. The van der Waals surface area contributed by atoms with Crippen molar-refractivity contribution in [2.45, 2.75) is 51.4 Å². The number of likely N-dealkylation sites (tertiary alicyclic amines) is 1. The molecule has 0 aliphatic carbocycles. The van der Waals surface area contributed by atoms with Gasteiger partial charge in [0.15, 0.2) is 0 Å². The lowest BCUT2D eigenvalue weighted by Gasteiger charge is -2.40.